The smallest absolute Gasteiger partial charge is 0.253 e. The Morgan fingerprint density at radius 1 is 1.30 bits per heavy atom. The fourth-order valence-corrected chi connectivity index (χ4v) is 2.00. The van der Waals surface area contributed by atoms with E-state index < -0.39 is 0 Å². The van der Waals surface area contributed by atoms with Crippen molar-refractivity contribution in [3.63, 3.8) is 0 Å². The van der Waals surface area contributed by atoms with Gasteiger partial charge in [-0.15, -0.1) is 12.4 Å². The van der Waals surface area contributed by atoms with Crippen LogP contribution in [0.15, 0.2) is 42.6 Å². The van der Waals surface area contributed by atoms with E-state index in [2.05, 4.69) is 4.98 Å². The van der Waals surface area contributed by atoms with E-state index in [4.69, 9.17) is 22.1 Å². The fraction of sp³-hybridized carbons (Fsp3) is 0.250. The van der Waals surface area contributed by atoms with E-state index in [1.807, 2.05) is 0 Å². The summed E-state index contributed by atoms with van der Waals surface area (Å²) in [5, 5.41) is 0.660. The molecule has 1 amide bonds. The molecular weight excluding hydrogens is 337 g/mol. The SMILES string of the molecule is CN(CCOc1ccc(Cl)cc1)C(=O)c1ccnc(CN)c1.Cl. The number of likely N-dealkylation sites (N-methyl/N-ethyl adjacent to an activating group) is 1. The van der Waals surface area contributed by atoms with Crippen LogP contribution in [-0.2, 0) is 6.54 Å². The van der Waals surface area contributed by atoms with Crippen LogP contribution < -0.4 is 10.5 Å². The number of nitrogens with two attached hydrogens (primary N) is 1. The molecule has 0 saturated carbocycles. The van der Waals surface area contributed by atoms with E-state index >= 15 is 0 Å². The lowest BCUT2D eigenvalue weighted by molar-refractivity contribution is 0.0773. The molecule has 5 nitrogen and oxygen atoms in total. The first-order chi connectivity index (χ1) is 10.6. The summed E-state index contributed by atoms with van der Waals surface area (Å²) in [7, 11) is 1.73. The molecular formula is C16H19Cl2N3O2. The first-order valence-corrected chi connectivity index (χ1v) is 7.27. The number of carbonyl (C=O) groups excluding carboxylic acids is 1. The first kappa shape index (κ1) is 19.2. The van der Waals surface area contributed by atoms with Crippen molar-refractivity contribution in [2.75, 3.05) is 20.2 Å². The van der Waals surface area contributed by atoms with Gasteiger partial charge in [0, 0.05) is 30.4 Å². The standard InChI is InChI=1S/C16H18ClN3O2.ClH/c1-20(8-9-22-15-4-2-13(17)3-5-15)16(21)12-6-7-19-14(10-12)11-18;/h2-7,10H,8-9,11,18H2,1H3;1H. The summed E-state index contributed by atoms with van der Waals surface area (Å²) >= 11 is 5.81. The van der Waals surface area contributed by atoms with Gasteiger partial charge < -0.3 is 15.4 Å². The minimum absolute atomic E-state index is 0. The van der Waals surface area contributed by atoms with Gasteiger partial charge >= 0.3 is 0 Å². The number of nitrogens with zero attached hydrogens (tertiary/aromatic N) is 2. The van der Waals surface area contributed by atoms with Crippen LogP contribution in [0.25, 0.3) is 0 Å². The molecule has 23 heavy (non-hydrogen) atoms. The largest absolute Gasteiger partial charge is 0.492 e. The van der Waals surface area contributed by atoms with Gasteiger partial charge in [-0.05, 0) is 36.4 Å². The average Bonchev–Trinajstić information content (AvgIpc) is 2.56. The zero-order valence-corrected chi connectivity index (χ0v) is 14.3. The van der Waals surface area contributed by atoms with Crippen LogP contribution in [0.3, 0.4) is 0 Å². The molecule has 0 fully saturated rings. The Labute approximate surface area is 146 Å². The lowest BCUT2D eigenvalue weighted by Gasteiger charge is -2.17. The number of pyridine rings is 1. The molecule has 0 saturated heterocycles. The van der Waals surface area contributed by atoms with Crippen LogP contribution in [0, 0.1) is 0 Å². The second kappa shape index (κ2) is 9.35. The van der Waals surface area contributed by atoms with Crippen molar-refractivity contribution >= 4 is 29.9 Å². The molecule has 0 atom stereocenters. The van der Waals surface area contributed by atoms with Crippen molar-refractivity contribution in [3.05, 3.63) is 58.9 Å². The molecule has 0 bridgehead atoms. The molecule has 124 valence electrons. The maximum absolute atomic E-state index is 12.3. The lowest BCUT2D eigenvalue weighted by Crippen LogP contribution is -2.31. The molecule has 0 radical (unpaired) electrons. The highest BCUT2D eigenvalue weighted by atomic mass is 35.5. The molecule has 0 unspecified atom stereocenters. The highest BCUT2D eigenvalue weighted by molar-refractivity contribution is 6.30. The quantitative estimate of drug-likeness (QED) is 0.864. The molecule has 1 aromatic carbocycles. The molecule has 1 aromatic heterocycles. The lowest BCUT2D eigenvalue weighted by atomic mass is 10.2. The zero-order chi connectivity index (χ0) is 15.9. The van der Waals surface area contributed by atoms with Crippen LogP contribution in [0.2, 0.25) is 5.02 Å². The van der Waals surface area contributed by atoms with Crippen molar-refractivity contribution in [2.45, 2.75) is 6.54 Å². The van der Waals surface area contributed by atoms with Crippen LogP contribution in [-0.4, -0.2) is 36.0 Å². The summed E-state index contributed by atoms with van der Waals surface area (Å²) < 4.78 is 5.58. The van der Waals surface area contributed by atoms with E-state index in [9.17, 15) is 4.79 Å². The van der Waals surface area contributed by atoms with E-state index in [1.165, 1.54) is 0 Å². The predicted molar refractivity (Wildman–Crippen MR) is 93.3 cm³/mol. The third-order valence-electron chi connectivity index (χ3n) is 3.13. The third-order valence-corrected chi connectivity index (χ3v) is 3.38. The Bertz CT molecular complexity index is 635. The van der Waals surface area contributed by atoms with Gasteiger partial charge in [0.05, 0.1) is 12.2 Å². The zero-order valence-electron chi connectivity index (χ0n) is 12.7. The molecule has 0 aliphatic heterocycles. The monoisotopic (exact) mass is 355 g/mol. The summed E-state index contributed by atoms with van der Waals surface area (Å²) in [6.45, 7) is 1.19. The minimum atomic E-state index is -0.0863. The highest BCUT2D eigenvalue weighted by Gasteiger charge is 2.12. The Hall–Kier alpha value is -1.82. The van der Waals surface area contributed by atoms with E-state index in [-0.39, 0.29) is 18.3 Å². The number of aromatic nitrogens is 1. The van der Waals surface area contributed by atoms with Gasteiger partial charge in [0.1, 0.15) is 12.4 Å². The van der Waals surface area contributed by atoms with Gasteiger partial charge in [-0.2, -0.15) is 0 Å². The van der Waals surface area contributed by atoms with E-state index in [1.54, 1.807) is 54.5 Å². The topological polar surface area (TPSA) is 68.5 Å². The van der Waals surface area contributed by atoms with E-state index in [0.29, 0.717) is 36.0 Å². The fourth-order valence-electron chi connectivity index (χ4n) is 1.88. The van der Waals surface area contributed by atoms with Crippen molar-refractivity contribution in [1.82, 2.24) is 9.88 Å². The van der Waals surface area contributed by atoms with Crippen LogP contribution in [0.5, 0.6) is 5.75 Å². The summed E-state index contributed by atoms with van der Waals surface area (Å²) in [5.74, 6) is 0.636. The molecule has 7 heteroatoms. The summed E-state index contributed by atoms with van der Waals surface area (Å²) in [5.41, 5.74) is 6.80. The number of hydrogen-bond acceptors (Lipinski definition) is 4. The Kier molecular flexibility index (Phi) is 7.81. The number of hydrogen-bond donors (Lipinski definition) is 1. The summed E-state index contributed by atoms with van der Waals surface area (Å²) in [4.78, 5) is 18.0. The molecule has 2 rings (SSSR count). The number of carbonyl (C=O) groups is 1. The van der Waals surface area contributed by atoms with Crippen LogP contribution in [0.1, 0.15) is 16.1 Å². The normalized spacial score (nSPS) is 9.87. The molecule has 2 aromatic rings. The maximum atomic E-state index is 12.3. The van der Waals surface area contributed by atoms with Crippen molar-refractivity contribution < 1.29 is 9.53 Å². The van der Waals surface area contributed by atoms with Gasteiger partial charge in [-0.3, -0.25) is 9.78 Å². The predicted octanol–water partition coefficient (Wildman–Crippen LogP) is 2.77. The van der Waals surface area contributed by atoms with Crippen LogP contribution in [0.4, 0.5) is 0 Å². The average molecular weight is 356 g/mol. The van der Waals surface area contributed by atoms with Gasteiger partial charge in [0.15, 0.2) is 0 Å². The highest BCUT2D eigenvalue weighted by Crippen LogP contribution is 2.15. The summed E-state index contributed by atoms with van der Waals surface area (Å²) in [6, 6.07) is 10.5. The third kappa shape index (κ3) is 5.71. The molecule has 1 heterocycles. The molecule has 0 spiro atoms. The maximum Gasteiger partial charge on any atom is 0.253 e. The van der Waals surface area contributed by atoms with Gasteiger partial charge in [0.2, 0.25) is 0 Å². The summed E-state index contributed by atoms with van der Waals surface area (Å²) in [6.07, 6.45) is 1.59. The number of amides is 1. The number of ether oxygens (including phenoxy) is 1. The number of rotatable bonds is 6. The van der Waals surface area contributed by atoms with Crippen molar-refractivity contribution in [1.29, 1.82) is 0 Å². The van der Waals surface area contributed by atoms with Gasteiger partial charge in [-0.25, -0.2) is 0 Å². The van der Waals surface area contributed by atoms with Crippen LogP contribution >= 0.6 is 24.0 Å². The van der Waals surface area contributed by atoms with Gasteiger partial charge in [0.25, 0.3) is 5.91 Å². The van der Waals surface area contributed by atoms with Crippen molar-refractivity contribution in [3.8, 4) is 5.75 Å². The molecule has 2 N–H and O–H groups in total. The Morgan fingerprint density at radius 3 is 2.65 bits per heavy atom. The minimum Gasteiger partial charge on any atom is -0.492 e. The second-order valence-corrected chi connectivity index (χ2v) is 5.21. The number of halogens is 2. The first-order valence-electron chi connectivity index (χ1n) is 6.89. The number of benzene rings is 1. The second-order valence-electron chi connectivity index (χ2n) is 4.77. The van der Waals surface area contributed by atoms with Gasteiger partial charge in [-0.1, -0.05) is 11.6 Å². The Morgan fingerprint density at radius 2 is 2.00 bits per heavy atom. The van der Waals surface area contributed by atoms with E-state index in [0.717, 1.165) is 5.75 Å². The Balaban J connectivity index is 0.00000264. The van der Waals surface area contributed by atoms with Crippen molar-refractivity contribution in [2.24, 2.45) is 5.73 Å². The molecule has 0 aliphatic rings. The molecule has 0 aliphatic carbocycles.